The van der Waals surface area contributed by atoms with Crippen LogP contribution in [0, 0.1) is 0 Å². The summed E-state index contributed by atoms with van der Waals surface area (Å²) in [6.45, 7) is 2.77. The first-order chi connectivity index (χ1) is 13.5. The molecule has 8 heteroatoms. The lowest BCUT2D eigenvalue weighted by Crippen LogP contribution is -2.58. The molecule has 4 rings (SSSR count). The molecule has 2 amide bonds. The molecule has 2 aliphatic heterocycles. The molecule has 3 aliphatic rings. The number of amides is 2. The predicted molar refractivity (Wildman–Crippen MR) is 105 cm³/mol. The molecule has 0 radical (unpaired) electrons. The van der Waals surface area contributed by atoms with E-state index in [0.717, 1.165) is 44.3 Å². The van der Waals surface area contributed by atoms with E-state index in [1.54, 1.807) is 0 Å². The summed E-state index contributed by atoms with van der Waals surface area (Å²) in [5, 5.41) is 16.4. The lowest BCUT2D eigenvalue weighted by atomic mass is 9.85. The Labute approximate surface area is 165 Å². The van der Waals surface area contributed by atoms with Crippen LogP contribution in [0.25, 0.3) is 5.57 Å². The van der Waals surface area contributed by atoms with Crippen LogP contribution >= 0.6 is 0 Å². The molecule has 152 valence electrons. The Hall–Kier alpha value is -2.35. The third-order valence-corrected chi connectivity index (χ3v) is 6.48. The number of carboxylic acids is 1. The van der Waals surface area contributed by atoms with E-state index in [9.17, 15) is 9.59 Å². The van der Waals surface area contributed by atoms with Gasteiger partial charge in [0.15, 0.2) is 0 Å². The first-order valence-electron chi connectivity index (χ1n) is 10.2. The molecule has 1 saturated heterocycles. The number of carbonyl (C=O) groups excluding carboxylic acids is 1. The number of hydrogen-bond acceptors (Lipinski definition) is 4. The number of carbonyl (C=O) groups is 2. The second kappa shape index (κ2) is 7.58. The van der Waals surface area contributed by atoms with E-state index < -0.39 is 5.97 Å². The van der Waals surface area contributed by atoms with Crippen molar-refractivity contribution in [3.63, 3.8) is 0 Å². The van der Waals surface area contributed by atoms with Gasteiger partial charge >= 0.3 is 12.0 Å². The molecule has 2 N–H and O–H groups in total. The molecule has 8 nitrogen and oxygen atoms in total. The number of hydrogen-bond donors (Lipinski definition) is 2. The van der Waals surface area contributed by atoms with Crippen LogP contribution in [0.3, 0.4) is 0 Å². The number of likely N-dealkylation sites (N-methyl/N-ethyl adjacent to an activating group) is 1. The molecule has 28 heavy (non-hydrogen) atoms. The molecule has 1 aromatic heterocycles. The molecule has 1 aliphatic carbocycles. The van der Waals surface area contributed by atoms with Gasteiger partial charge in [0.25, 0.3) is 0 Å². The predicted octanol–water partition coefficient (Wildman–Crippen LogP) is 1.69. The van der Waals surface area contributed by atoms with Gasteiger partial charge in [0.05, 0.1) is 18.3 Å². The van der Waals surface area contributed by atoms with Crippen LogP contribution in [0.4, 0.5) is 4.79 Å². The summed E-state index contributed by atoms with van der Waals surface area (Å²) in [6, 6.07) is 2.85. The van der Waals surface area contributed by atoms with E-state index in [-0.39, 0.29) is 36.7 Å². The van der Waals surface area contributed by atoms with Crippen molar-refractivity contribution >= 4 is 17.6 Å². The smallest absolute Gasteiger partial charge is 0.318 e. The maximum atomic E-state index is 12.9. The highest BCUT2D eigenvalue weighted by molar-refractivity contribution is 5.78. The van der Waals surface area contributed by atoms with Gasteiger partial charge in [0, 0.05) is 31.4 Å². The quantitative estimate of drug-likeness (QED) is 0.775. The number of aliphatic carboxylic acids is 1. The number of fused-ring (bicyclic) bond motifs is 2. The van der Waals surface area contributed by atoms with Crippen LogP contribution in [0.5, 0.6) is 0 Å². The van der Waals surface area contributed by atoms with Crippen molar-refractivity contribution in [2.75, 3.05) is 13.1 Å². The lowest BCUT2D eigenvalue weighted by Gasteiger charge is -2.43. The molecule has 0 aromatic carbocycles. The Balaban J connectivity index is 1.34. The number of urea groups is 1. The molecular formula is C20H29N5O3. The van der Waals surface area contributed by atoms with Crippen LogP contribution in [-0.4, -0.2) is 73.9 Å². The number of aryl methyl sites for hydroxylation is 1. The Morgan fingerprint density at radius 1 is 1.36 bits per heavy atom. The summed E-state index contributed by atoms with van der Waals surface area (Å²) in [4.78, 5) is 27.9. The van der Waals surface area contributed by atoms with Gasteiger partial charge in [0.1, 0.15) is 0 Å². The zero-order valence-electron chi connectivity index (χ0n) is 16.5. The molecular weight excluding hydrogens is 358 g/mol. The maximum Gasteiger partial charge on any atom is 0.318 e. The highest BCUT2D eigenvalue weighted by Gasteiger charge is 2.42. The van der Waals surface area contributed by atoms with E-state index in [0.29, 0.717) is 0 Å². The third-order valence-electron chi connectivity index (χ3n) is 6.48. The zero-order valence-corrected chi connectivity index (χ0v) is 16.5. The Morgan fingerprint density at radius 2 is 2.14 bits per heavy atom. The second-order valence-corrected chi connectivity index (χ2v) is 8.17. The van der Waals surface area contributed by atoms with Crippen LogP contribution in [0.1, 0.15) is 44.7 Å². The summed E-state index contributed by atoms with van der Waals surface area (Å²) in [6.07, 6.45) is 8.61. The molecule has 2 bridgehead atoms. The largest absolute Gasteiger partial charge is 0.480 e. The normalized spacial score (nSPS) is 28.8. The summed E-state index contributed by atoms with van der Waals surface area (Å²) in [5.74, 6) is -0.796. The van der Waals surface area contributed by atoms with E-state index in [1.807, 2.05) is 40.7 Å². The molecule has 2 fully saturated rings. The number of nitrogens with one attached hydrogen (secondary N) is 1. The van der Waals surface area contributed by atoms with Gasteiger partial charge in [-0.25, -0.2) is 4.79 Å². The van der Waals surface area contributed by atoms with Crippen molar-refractivity contribution in [1.82, 2.24) is 24.9 Å². The summed E-state index contributed by atoms with van der Waals surface area (Å²) in [7, 11) is 1.95. The summed E-state index contributed by atoms with van der Waals surface area (Å²) < 4.78 is 1.89. The molecule has 3 heterocycles. The van der Waals surface area contributed by atoms with Crippen molar-refractivity contribution < 1.29 is 14.7 Å². The van der Waals surface area contributed by atoms with Gasteiger partial charge in [0.2, 0.25) is 0 Å². The Morgan fingerprint density at radius 3 is 2.75 bits per heavy atom. The van der Waals surface area contributed by atoms with Crippen LogP contribution in [-0.2, 0) is 11.8 Å². The molecule has 1 aromatic rings. The summed E-state index contributed by atoms with van der Waals surface area (Å²) in [5.41, 5.74) is 2.42. The van der Waals surface area contributed by atoms with Crippen molar-refractivity contribution in [3.8, 4) is 0 Å². The maximum absolute atomic E-state index is 12.9. The fourth-order valence-corrected chi connectivity index (χ4v) is 4.95. The molecule has 0 spiro atoms. The SMILES string of the molecule is CCN(CC(=O)O)C1CC(NC(=O)N2C3C=C(c4ccnn4C)CC2CC3)C1. The first kappa shape index (κ1) is 19.0. The Bertz CT molecular complexity index is 783. The minimum absolute atomic E-state index is 0.0255. The van der Waals surface area contributed by atoms with Crippen molar-refractivity contribution in [2.45, 2.75) is 63.2 Å². The van der Waals surface area contributed by atoms with Gasteiger partial charge in [-0.2, -0.15) is 5.10 Å². The number of carboxylic acid groups (broad SMARTS) is 1. The lowest BCUT2D eigenvalue weighted by molar-refractivity contribution is -0.139. The minimum atomic E-state index is -0.796. The van der Waals surface area contributed by atoms with E-state index in [2.05, 4.69) is 16.5 Å². The topological polar surface area (TPSA) is 90.7 Å². The van der Waals surface area contributed by atoms with E-state index in [1.165, 1.54) is 5.57 Å². The monoisotopic (exact) mass is 387 g/mol. The van der Waals surface area contributed by atoms with Crippen LogP contribution in [0.15, 0.2) is 18.3 Å². The third kappa shape index (κ3) is 3.53. The van der Waals surface area contributed by atoms with E-state index in [4.69, 9.17) is 5.11 Å². The highest BCUT2D eigenvalue weighted by atomic mass is 16.4. The highest BCUT2D eigenvalue weighted by Crippen LogP contribution is 2.38. The van der Waals surface area contributed by atoms with Gasteiger partial charge in [-0.3, -0.25) is 14.4 Å². The van der Waals surface area contributed by atoms with Gasteiger partial charge in [-0.15, -0.1) is 0 Å². The van der Waals surface area contributed by atoms with Gasteiger partial charge in [-0.05, 0) is 50.3 Å². The average Bonchev–Trinajstić information content (AvgIpc) is 3.16. The second-order valence-electron chi connectivity index (χ2n) is 8.17. The van der Waals surface area contributed by atoms with Gasteiger partial charge in [-0.1, -0.05) is 13.0 Å². The van der Waals surface area contributed by atoms with Crippen molar-refractivity contribution in [3.05, 3.63) is 24.0 Å². The standard InChI is InChI=1S/C20H29N5O3/c1-3-24(12-19(26)27)17-10-14(11-17)22-20(28)25-15-4-5-16(25)9-13(8-15)18-6-7-21-23(18)2/h6-8,14-17H,3-5,9-12H2,1-2H3,(H,22,28)(H,26,27). The fourth-order valence-electron chi connectivity index (χ4n) is 4.95. The van der Waals surface area contributed by atoms with Crippen molar-refractivity contribution in [2.24, 2.45) is 7.05 Å². The average molecular weight is 387 g/mol. The molecule has 2 atom stereocenters. The fraction of sp³-hybridized carbons (Fsp3) is 0.650. The zero-order chi connectivity index (χ0) is 19.8. The van der Waals surface area contributed by atoms with E-state index >= 15 is 0 Å². The van der Waals surface area contributed by atoms with Crippen LogP contribution < -0.4 is 5.32 Å². The summed E-state index contributed by atoms with van der Waals surface area (Å²) >= 11 is 0. The minimum Gasteiger partial charge on any atom is -0.480 e. The number of aromatic nitrogens is 2. The van der Waals surface area contributed by atoms with Crippen molar-refractivity contribution in [1.29, 1.82) is 0 Å². The Kier molecular flexibility index (Phi) is 5.14. The number of rotatable bonds is 6. The molecule has 1 saturated carbocycles. The van der Waals surface area contributed by atoms with Crippen LogP contribution in [0.2, 0.25) is 0 Å². The first-order valence-corrected chi connectivity index (χ1v) is 10.2. The van der Waals surface area contributed by atoms with Gasteiger partial charge < -0.3 is 15.3 Å². The number of nitrogens with zero attached hydrogens (tertiary/aromatic N) is 4. The molecule has 2 unspecified atom stereocenters.